The molecule has 0 fully saturated rings. The summed E-state index contributed by atoms with van der Waals surface area (Å²) in [7, 11) is 0. The molecular weight excluding hydrogens is 340 g/mol. The SMILES string of the molecule is C=C(O/C(=N\N)c1nc(-c2cccc(C#N)c2)cnc1N)c1ccccc1. The Kier molecular flexibility index (Phi) is 5.10. The van der Waals surface area contributed by atoms with Crippen LogP contribution < -0.4 is 11.6 Å². The maximum Gasteiger partial charge on any atom is 0.265 e. The molecule has 0 unspecified atom stereocenters. The van der Waals surface area contributed by atoms with Gasteiger partial charge in [0.15, 0.2) is 11.5 Å². The summed E-state index contributed by atoms with van der Waals surface area (Å²) in [5.41, 5.74) is 8.62. The quantitative estimate of drug-likeness (QED) is 0.243. The number of nitrogens with two attached hydrogens (primary N) is 2. The molecule has 0 atom stereocenters. The van der Waals surface area contributed by atoms with Gasteiger partial charge in [-0.2, -0.15) is 5.26 Å². The summed E-state index contributed by atoms with van der Waals surface area (Å²) in [5.74, 6) is 5.94. The smallest absolute Gasteiger partial charge is 0.265 e. The Morgan fingerprint density at radius 1 is 1.15 bits per heavy atom. The average Bonchev–Trinajstić information content (AvgIpc) is 2.73. The van der Waals surface area contributed by atoms with Crippen LogP contribution in [0.15, 0.2) is 72.5 Å². The standard InChI is InChI=1S/C20H16N6O/c1-13(15-7-3-2-4-8-15)27-20(26-23)18-19(22)24-12-17(25-18)16-9-5-6-14(10-16)11-21/h2-10,12H,1,23H2,(H2,22,24)/b26-20-. The van der Waals surface area contributed by atoms with E-state index in [1.54, 1.807) is 18.2 Å². The summed E-state index contributed by atoms with van der Waals surface area (Å²) < 4.78 is 5.68. The van der Waals surface area contributed by atoms with E-state index in [0.717, 1.165) is 5.56 Å². The van der Waals surface area contributed by atoms with Gasteiger partial charge in [0, 0.05) is 11.1 Å². The van der Waals surface area contributed by atoms with Crippen LogP contribution in [0.25, 0.3) is 17.0 Å². The molecule has 3 rings (SSSR count). The molecule has 0 aliphatic heterocycles. The van der Waals surface area contributed by atoms with E-state index >= 15 is 0 Å². The highest BCUT2D eigenvalue weighted by atomic mass is 16.5. The molecule has 1 heterocycles. The van der Waals surface area contributed by atoms with Gasteiger partial charge in [0.1, 0.15) is 5.76 Å². The summed E-state index contributed by atoms with van der Waals surface area (Å²) >= 11 is 0. The molecule has 1 aromatic heterocycles. The van der Waals surface area contributed by atoms with Crippen molar-refractivity contribution >= 4 is 17.5 Å². The summed E-state index contributed by atoms with van der Waals surface area (Å²) in [6.07, 6.45) is 1.51. The Morgan fingerprint density at radius 2 is 1.93 bits per heavy atom. The average molecular weight is 356 g/mol. The first kappa shape index (κ1) is 17.6. The van der Waals surface area contributed by atoms with E-state index in [0.29, 0.717) is 22.6 Å². The van der Waals surface area contributed by atoms with Crippen LogP contribution in [0.2, 0.25) is 0 Å². The molecule has 0 spiro atoms. The topological polar surface area (TPSA) is 123 Å². The van der Waals surface area contributed by atoms with E-state index in [-0.39, 0.29) is 17.4 Å². The fraction of sp³-hybridized carbons (Fsp3) is 0. The van der Waals surface area contributed by atoms with Gasteiger partial charge >= 0.3 is 0 Å². The summed E-state index contributed by atoms with van der Waals surface area (Å²) in [5, 5.41) is 12.7. The molecule has 27 heavy (non-hydrogen) atoms. The molecule has 132 valence electrons. The Balaban J connectivity index is 1.95. The maximum atomic E-state index is 9.07. The minimum atomic E-state index is -0.00728. The van der Waals surface area contributed by atoms with Crippen molar-refractivity contribution in [2.75, 3.05) is 5.73 Å². The number of nitrogens with zero attached hydrogens (tertiary/aromatic N) is 4. The molecule has 3 aromatic rings. The number of hydrogen-bond acceptors (Lipinski definition) is 7. The third kappa shape index (κ3) is 3.91. The molecule has 7 heteroatoms. The van der Waals surface area contributed by atoms with Crippen molar-refractivity contribution in [1.29, 1.82) is 5.26 Å². The number of aromatic nitrogens is 2. The molecule has 0 saturated carbocycles. The third-order valence-electron chi connectivity index (χ3n) is 3.72. The number of rotatable bonds is 4. The van der Waals surface area contributed by atoms with Crippen LogP contribution in [0.1, 0.15) is 16.8 Å². The second kappa shape index (κ2) is 7.80. The Hall–Kier alpha value is -4.18. The van der Waals surface area contributed by atoms with Crippen LogP contribution in [0.4, 0.5) is 5.82 Å². The zero-order valence-electron chi connectivity index (χ0n) is 14.3. The van der Waals surface area contributed by atoms with Crippen LogP contribution in [-0.2, 0) is 4.74 Å². The monoisotopic (exact) mass is 356 g/mol. The highest BCUT2D eigenvalue weighted by Crippen LogP contribution is 2.22. The first-order valence-corrected chi connectivity index (χ1v) is 7.96. The molecule has 2 aromatic carbocycles. The van der Waals surface area contributed by atoms with Crippen LogP contribution in [-0.4, -0.2) is 15.9 Å². The molecule has 0 aliphatic carbocycles. The van der Waals surface area contributed by atoms with Crippen LogP contribution in [0, 0.1) is 11.3 Å². The van der Waals surface area contributed by atoms with E-state index in [4.69, 9.17) is 21.6 Å². The number of ether oxygens (including phenoxy) is 1. The van der Waals surface area contributed by atoms with Gasteiger partial charge in [-0.3, -0.25) is 0 Å². The van der Waals surface area contributed by atoms with Crippen molar-refractivity contribution < 1.29 is 4.74 Å². The Morgan fingerprint density at radius 3 is 2.63 bits per heavy atom. The number of nitrogen functional groups attached to an aromatic ring is 1. The lowest BCUT2D eigenvalue weighted by molar-refractivity contribution is 0.505. The van der Waals surface area contributed by atoms with Crippen molar-refractivity contribution in [3.8, 4) is 17.3 Å². The van der Waals surface area contributed by atoms with Gasteiger partial charge in [-0.1, -0.05) is 49.0 Å². The molecule has 0 saturated heterocycles. The minimum absolute atomic E-state index is 0.00728. The molecule has 0 aliphatic rings. The first-order chi connectivity index (χ1) is 13.1. The van der Waals surface area contributed by atoms with E-state index in [1.165, 1.54) is 6.20 Å². The zero-order valence-corrected chi connectivity index (χ0v) is 14.3. The highest BCUT2D eigenvalue weighted by molar-refractivity contribution is 5.99. The fourth-order valence-electron chi connectivity index (χ4n) is 2.38. The largest absolute Gasteiger partial charge is 0.436 e. The molecular formula is C20H16N6O. The van der Waals surface area contributed by atoms with Gasteiger partial charge in [0.05, 0.1) is 23.5 Å². The summed E-state index contributed by atoms with van der Waals surface area (Å²) in [4.78, 5) is 8.61. The summed E-state index contributed by atoms with van der Waals surface area (Å²) in [6.45, 7) is 3.89. The second-order valence-electron chi connectivity index (χ2n) is 5.51. The van der Waals surface area contributed by atoms with E-state index < -0.39 is 0 Å². The Bertz CT molecular complexity index is 1050. The van der Waals surface area contributed by atoms with Gasteiger partial charge in [0.2, 0.25) is 0 Å². The van der Waals surface area contributed by atoms with Gasteiger partial charge in [0.25, 0.3) is 5.90 Å². The third-order valence-corrected chi connectivity index (χ3v) is 3.72. The summed E-state index contributed by atoms with van der Waals surface area (Å²) in [6, 6.07) is 18.4. The van der Waals surface area contributed by atoms with Gasteiger partial charge < -0.3 is 16.3 Å². The van der Waals surface area contributed by atoms with Crippen molar-refractivity contribution in [3.63, 3.8) is 0 Å². The van der Waals surface area contributed by atoms with Crippen LogP contribution >= 0.6 is 0 Å². The number of benzene rings is 2. The molecule has 7 nitrogen and oxygen atoms in total. The molecule has 0 amide bonds. The lowest BCUT2D eigenvalue weighted by atomic mass is 10.1. The predicted octanol–water partition coefficient (Wildman–Crippen LogP) is 2.91. The molecule has 4 N–H and O–H groups in total. The highest BCUT2D eigenvalue weighted by Gasteiger charge is 2.16. The minimum Gasteiger partial charge on any atom is -0.436 e. The van der Waals surface area contributed by atoms with E-state index in [2.05, 4.69) is 27.7 Å². The second-order valence-corrected chi connectivity index (χ2v) is 5.51. The van der Waals surface area contributed by atoms with Crippen molar-refractivity contribution in [2.24, 2.45) is 10.9 Å². The van der Waals surface area contributed by atoms with Crippen LogP contribution in [0.3, 0.4) is 0 Å². The van der Waals surface area contributed by atoms with Crippen molar-refractivity contribution in [2.45, 2.75) is 0 Å². The van der Waals surface area contributed by atoms with Gasteiger partial charge in [-0.25, -0.2) is 9.97 Å². The van der Waals surface area contributed by atoms with Gasteiger partial charge in [-0.15, -0.1) is 5.10 Å². The molecule has 0 radical (unpaired) electrons. The zero-order chi connectivity index (χ0) is 19.2. The Labute approximate surface area is 156 Å². The molecule has 0 bridgehead atoms. The number of hydrazone groups is 1. The predicted molar refractivity (Wildman–Crippen MR) is 104 cm³/mol. The normalized spacial score (nSPS) is 10.9. The maximum absolute atomic E-state index is 9.07. The van der Waals surface area contributed by atoms with Crippen molar-refractivity contribution in [3.05, 3.63) is 84.2 Å². The lowest BCUT2D eigenvalue weighted by Gasteiger charge is -2.12. The fourth-order valence-corrected chi connectivity index (χ4v) is 2.38. The van der Waals surface area contributed by atoms with E-state index in [1.807, 2.05) is 36.4 Å². The first-order valence-electron chi connectivity index (χ1n) is 7.96. The lowest BCUT2D eigenvalue weighted by Crippen LogP contribution is -2.15. The van der Waals surface area contributed by atoms with Crippen LogP contribution in [0.5, 0.6) is 0 Å². The number of hydrogen-bond donors (Lipinski definition) is 2. The number of nitriles is 1. The number of anilines is 1. The van der Waals surface area contributed by atoms with Crippen molar-refractivity contribution in [1.82, 2.24) is 9.97 Å². The van der Waals surface area contributed by atoms with E-state index in [9.17, 15) is 0 Å². The van der Waals surface area contributed by atoms with Gasteiger partial charge in [-0.05, 0) is 12.1 Å².